The van der Waals surface area contributed by atoms with Crippen molar-refractivity contribution in [2.45, 2.75) is 116 Å². The summed E-state index contributed by atoms with van der Waals surface area (Å²) in [5, 5.41) is 40.2. The van der Waals surface area contributed by atoms with E-state index >= 15 is 0 Å². The van der Waals surface area contributed by atoms with Gasteiger partial charge in [-0.25, -0.2) is 36.9 Å². The second-order valence-electron chi connectivity index (χ2n) is 15.4. The van der Waals surface area contributed by atoms with Gasteiger partial charge in [0.2, 0.25) is 11.8 Å². The van der Waals surface area contributed by atoms with Gasteiger partial charge in [-0.15, -0.1) is 0 Å². The van der Waals surface area contributed by atoms with Crippen molar-refractivity contribution in [2.24, 2.45) is 14.1 Å². The SMILES string of the molecule is Cc1cc(C)n(-c2cc(Cl)cc(NC3CCC(F)(F)CC3)n2)n1.Cc1cc(C)n(-c2cc(OCc3cnn(C)n3)cc(NC3CCC(F)(F)CC3)n2)n1.Cn1ncc(CO)n1. The molecule has 2 saturated carbocycles. The van der Waals surface area contributed by atoms with Gasteiger partial charge < -0.3 is 20.5 Å². The third-order valence-corrected chi connectivity index (χ3v) is 10.2. The largest absolute Gasteiger partial charge is 0.487 e. The second-order valence-corrected chi connectivity index (χ2v) is 15.8. The Kier molecular flexibility index (Phi) is 14.3. The molecule has 6 heterocycles. The van der Waals surface area contributed by atoms with E-state index in [1.165, 1.54) is 15.8 Å². The molecule has 328 valence electrons. The molecule has 2 aliphatic rings. The lowest BCUT2D eigenvalue weighted by Gasteiger charge is -2.29. The van der Waals surface area contributed by atoms with Crippen LogP contribution < -0.4 is 15.4 Å². The minimum Gasteiger partial charge on any atom is -0.487 e. The van der Waals surface area contributed by atoms with Gasteiger partial charge in [-0.2, -0.15) is 40.2 Å². The van der Waals surface area contributed by atoms with Gasteiger partial charge in [0.05, 0.1) is 30.4 Å². The third-order valence-electron chi connectivity index (χ3n) is 10.00. The van der Waals surface area contributed by atoms with E-state index in [2.05, 4.69) is 51.2 Å². The summed E-state index contributed by atoms with van der Waals surface area (Å²) in [7, 11) is 3.45. The molecule has 0 unspecified atom stereocenters. The van der Waals surface area contributed by atoms with Gasteiger partial charge in [-0.05, 0) is 71.6 Å². The Morgan fingerprint density at radius 1 is 0.672 bits per heavy atom. The molecular weight excluding hydrogens is 820 g/mol. The normalized spacial score (nSPS) is 16.3. The molecular formula is C40H51ClF4N14O2. The Morgan fingerprint density at radius 2 is 1.13 bits per heavy atom. The van der Waals surface area contributed by atoms with Crippen molar-refractivity contribution >= 4 is 23.2 Å². The number of rotatable bonds is 10. The van der Waals surface area contributed by atoms with E-state index in [1.54, 1.807) is 53.9 Å². The van der Waals surface area contributed by atoms with Gasteiger partial charge in [-0.1, -0.05) is 11.6 Å². The Bertz CT molecular complexity index is 2360. The zero-order valence-corrected chi connectivity index (χ0v) is 35.7. The first-order valence-electron chi connectivity index (χ1n) is 19.9. The molecule has 0 radical (unpaired) electrons. The molecule has 6 aromatic heterocycles. The number of pyridine rings is 2. The van der Waals surface area contributed by atoms with Gasteiger partial charge >= 0.3 is 0 Å². The van der Waals surface area contributed by atoms with Crippen LogP contribution in [-0.2, 0) is 27.3 Å². The third kappa shape index (κ3) is 12.9. The van der Waals surface area contributed by atoms with Gasteiger partial charge in [-0.3, -0.25) is 0 Å². The van der Waals surface area contributed by atoms with Gasteiger partial charge in [0.15, 0.2) is 11.6 Å². The van der Waals surface area contributed by atoms with Gasteiger partial charge in [0.1, 0.15) is 35.4 Å². The van der Waals surface area contributed by atoms with Crippen molar-refractivity contribution in [3.63, 3.8) is 0 Å². The smallest absolute Gasteiger partial charge is 0.248 e. The number of nitrogens with one attached hydrogen (secondary N) is 2. The van der Waals surface area contributed by atoms with Crippen LogP contribution in [0.3, 0.4) is 0 Å². The number of anilines is 2. The summed E-state index contributed by atoms with van der Waals surface area (Å²) >= 11 is 6.18. The minimum absolute atomic E-state index is 0.00565. The van der Waals surface area contributed by atoms with Crippen molar-refractivity contribution in [3.8, 4) is 17.4 Å². The summed E-state index contributed by atoms with van der Waals surface area (Å²) in [4.78, 5) is 12.1. The maximum Gasteiger partial charge on any atom is 0.248 e. The first kappa shape index (κ1) is 44.9. The molecule has 0 atom stereocenters. The summed E-state index contributed by atoms with van der Waals surface area (Å²) in [6, 6.07) is 10.9. The van der Waals surface area contributed by atoms with E-state index in [9.17, 15) is 17.6 Å². The topological polar surface area (TPSA) is 176 Å². The summed E-state index contributed by atoms with van der Waals surface area (Å²) in [5.74, 6) is -2.13. The van der Waals surface area contributed by atoms with Gasteiger partial charge in [0, 0.05) is 86.5 Å². The van der Waals surface area contributed by atoms with Crippen LogP contribution in [0.5, 0.6) is 5.75 Å². The monoisotopic (exact) mass is 870 g/mol. The molecule has 21 heteroatoms. The number of hydrogen-bond acceptors (Lipinski definition) is 12. The Hall–Kier alpha value is -5.63. The highest BCUT2D eigenvalue weighted by Crippen LogP contribution is 2.36. The molecule has 0 bridgehead atoms. The fraction of sp³-hybridized carbons (Fsp3) is 0.500. The first-order valence-corrected chi connectivity index (χ1v) is 20.3. The molecule has 0 saturated heterocycles. The van der Waals surface area contributed by atoms with Crippen LogP contribution in [0, 0.1) is 27.7 Å². The lowest BCUT2D eigenvalue weighted by atomic mass is 9.92. The van der Waals surface area contributed by atoms with E-state index in [-0.39, 0.29) is 51.0 Å². The molecule has 0 aliphatic heterocycles. The van der Waals surface area contributed by atoms with E-state index in [1.807, 2.05) is 39.8 Å². The summed E-state index contributed by atoms with van der Waals surface area (Å²) in [6.45, 7) is 7.94. The summed E-state index contributed by atoms with van der Waals surface area (Å²) in [6.07, 6.45) is 4.42. The Balaban J connectivity index is 0.000000177. The number of ether oxygens (including phenoxy) is 1. The van der Waals surface area contributed by atoms with Crippen LogP contribution in [0.15, 0.2) is 48.8 Å². The van der Waals surface area contributed by atoms with E-state index in [0.29, 0.717) is 71.1 Å². The number of hydrogen-bond donors (Lipinski definition) is 3. The van der Waals surface area contributed by atoms with Crippen molar-refractivity contribution in [1.82, 2.24) is 59.5 Å². The first-order chi connectivity index (χ1) is 28.9. The summed E-state index contributed by atoms with van der Waals surface area (Å²) in [5.41, 5.74) is 4.98. The van der Waals surface area contributed by atoms with Crippen molar-refractivity contribution in [3.05, 3.63) is 88.0 Å². The molecule has 8 rings (SSSR count). The maximum absolute atomic E-state index is 13.5. The highest BCUT2D eigenvalue weighted by atomic mass is 35.5. The van der Waals surface area contributed by atoms with Gasteiger partial charge in [0.25, 0.3) is 0 Å². The van der Waals surface area contributed by atoms with E-state index in [4.69, 9.17) is 21.4 Å². The number of alkyl halides is 4. The van der Waals surface area contributed by atoms with Crippen molar-refractivity contribution < 1.29 is 27.4 Å². The predicted octanol–water partition coefficient (Wildman–Crippen LogP) is 7.42. The fourth-order valence-corrected chi connectivity index (χ4v) is 7.20. The molecule has 0 aromatic carbocycles. The highest BCUT2D eigenvalue weighted by Gasteiger charge is 2.36. The fourth-order valence-electron chi connectivity index (χ4n) is 7.00. The molecule has 2 aliphatic carbocycles. The highest BCUT2D eigenvalue weighted by molar-refractivity contribution is 6.31. The number of aliphatic hydroxyl groups is 1. The van der Waals surface area contributed by atoms with Crippen LogP contribution in [0.4, 0.5) is 29.2 Å². The summed E-state index contributed by atoms with van der Waals surface area (Å²) < 4.78 is 62.8. The van der Waals surface area contributed by atoms with Crippen molar-refractivity contribution in [2.75, 3.05) is 10.6 Å². The molecule has 3 N–H and O–H groups in total. The average molecular weight is 871 g/mol. The van der Waals surface area contributed by atoms with Crippen LogP contribution in [0.25, 0.3) is 11.6 Å². The molecule has 2 fully saturated rings. The van der Waals surface area contributed by atoms with Crippen LogP contribution in [0.1, 0.15) is 85.5 Å². The molecule has 16 nitrogen and oxygen atoms in total. The van der Waals surface area contributed by atoms with E-state index in [0.717, 1.165) is 22.8 Å². The molecule has 0 spiro atoms. The lowest BCUT2D eigenvalue weighted by molar-refractivity contribution is -0.0366. The quantitative estimate of drug-likeness (QED) is 0.116. The number of aryl methyl sites for hydroxylation is 6. The zero-order chi connectivity index (χ0) is 43.9. The second kappa shape index (κ2) is 19.4. The maximum atomic E-state index is 13.5. The average Bonchev–Trinajstić information content (AvgIpc) is 3.99. The zero-order valence-electron chi connectivity index (χ0n) is 35.0. The number of aromatic nitrogens is 12. The van der Waals surface area contributed by atoms with Crippen LogP contribution in [0.2, 0.25) is 5.02 Å². The number of halogens is 5. The number of aliphatic hydroxyl groups excluding tert-OH is 1. The Morgan fingerprint density at radius 3 is 1.54 bits per heavy atom. The van der Waals surface area contributed by atoms with Crippen LogP contribution >= 0.6 is 11.6 Å². The molecule has 61 heavy (non-hydrogen) atoms. The molecule has 0 amide bonds. The lowest BCUT2D eigenvalue weighted by Crippen LogP contribution is -2.32. The minimum atomic E-state index is -2.57. The van der Waals surface area contributed by atoms with E-state index < -0.39 is 11.8 Å². The Labute approximate surface area is 355 Å². The van der Waals surface area contributed by atoms with Crippen LogP contribution in [-0.4, -0.2) is 88.6 Å². The van der Waals surface area contributed by atoms with Crippen molar-refractivity contribution in [1.29, 1.82) is 0 Å². The number of nitrogens with zero attached hydrogens (tertiary/aromatic N) is 12. The predicted molar refractivity (Wildman–Crippen MR) is 221 cm³/mol. The molecule has 6 aromatic rings. The standard InChI is InChI=1S/C20H25F2N7O.C16H19ClF2N4.C4H7N3O/c1-13-8-14(2)29(26-13)19-10-17(30-12-16-11-23-28(3)27-16)9-18(25-19)24-15-4-6-20(21,22)7-5-15;1-10-7-11(2)23(22-10)15-9-12(17)8-14(21-15)20-13-3-5-16(18,19)6-4-13;1-7-5-2-4(3-8)6-7/h8-11,15H,4-7,12H2,1-3H3,(H,24,25);7-9,13H,3-6H2,1-2H3,(H,20,21);2,8H,3H2,1H3.